The fourth-order valence-corrected chi connectivity index (χ4v) is 1.96. The summed E-state index contributed by atoms with van der Waals surface area (Å²) in [4.78, 5) is 0. The molecule has 0 fully saturated rings. The predicted octanol–water partition coefficient (Wildman–Crippen LogP) is 3.27. The lowest BCUT2D eigenvalue weighted by Crippen LogP contribution is -2.11. The number of hydrogen-bond acceptors (Lipinski definition) is 1. The van der Waals surface area contributed by atoms with Crippen LogP contribution in [0.2, 0.25) is 0 Å². The molecule has 0 heterocycles. The van der Waals surface area contributed by atoms with E-state index in [1.807, 2.05) is 0 Å². The number of allylic oxidation sites excluding steroid dienone is 1. The third kappa shape index (κ3) is 2.05. The first-order valence-electron chi connectivity index (χ1n) is 5.19. The lowest BCUT2D eigenvalue weighted by Gasteiger charge is -2.20. The summed E-state index contributed by atoms with van der Waals surface area (Å²) in [6.45, 7) is 0. The molecule has 1 aliphatic rings. The highest BCUT2D eigenvalue weighted by atomic mass is 16.5. The Kier molecular flexibility index (Phi) is 3.00. The number of ether oxygens (including phenoxy) is 1. The van der Waals surface area contributed by atoms with E-state index in [9.17, 15) is 0 Å². The second-order valence-corrected chi connectivity index (χ2v) is 3.72. The van der Waals surface area contributed by atoms with E-state index in [4.69, 9.17) is 4.74 Å². The molecule has 1 aromatic carbocycles. The lowest BCUT2D eigenvalue weighted by atomic mass is 9.92. The average molecular weight is 188 g/mol. The Labute approximate surface area is 85.4 Å². The molecule has 0 N–H and O–H groups in total. The minimum Gasteiger partial charge on any atom is -0.377 e. The number of hydrogen-bond donors (Lipinski definition) is 0. The van der Waals surface area contributed by atoms with E-state index >= 15 is 0 Å². The molecule has 0 amide bonds. The third-order valence-corrected chi connectivity index (χ3v) is 2.77. The smallest absolute Gasteiger partial charge is 0.0758 e. The van der Waals surface area contributed by atoms with Crippen LogP contribution >= 0.6 is 0 Å². The summed E-state index contributed by atoms with van der Waals surface area (Å²) in [5.41, 5.74) is 2.78. The molecule has 0 saturated heterocycles. The molecule has 1 aromatic rings. The summed E-state index contributed by atoms with van der Waals surface area (Å²) in [6, 6.07) is 10.6. The Morgan fingerprint density at radius 2 is 2.00 bits per heavy atom. The van der Waals surface area contributed by atoms with Crippen LogP contribution in [0.4, 0.5) is 0 Å². The number of benzene rings is 1. The van der Waals surface area contributed by atoms with Gasteiger partial charge in [0.15, 0.2) is 0 Å². The van der Waals surface area contributed by atoms with Crippen molar-refractivity contribution in [2.24, 2.45) is 0 Å². The van der Waals surface area contributed by atoms with Crippen LogP contribution in [0.25, 0.3) is 5.57 Å². The van der Waals surface area contributed by atoms with E-state index in [2.05, 4.69) is 36.4 Å². The summed E-state index contributed by atoms with van der Waals surface area (Å²) in [5, 5.41) is 0. The Balaban J connectivity index is 2.22. The van der Waals surface area contributed by atoms with E-state index in [1.54, 1.807) is 7.11 Å². The molecule has 0 bridgehead atoms. The topological polar surface area (TPSA) is 9.23 Å². The van der Waals surface area contributed by atoms with Gasteiger partial charge in [0, 0.05) is 7.11 Å². The lowest BCUT2D eigenvalue weighted by molar-refractivity contribution is 0.129. The monoisotopic (exact) mass is 188 g/mol. The Bertz CT molecular complexity index is 313. The van der Waals surface area contributed by atoms with E-state index in [-0.39, 0.29) is 0 Å². The average Bonchev–Trinajstić information content (AvgIpc) is 2.30. The maximum Gasteiger partial charge on any atom is 0.0758 e. The van der Waals surface area contributed by atoms with Gasteiger partial charge in [-0.15, -0.1) is 0 Å². The molecular weight excluding hydrogens is 172 g/mol. The Morgan fingerprint density at radius 1 is 1.21 bits per heavy atom. The standard InChI is InChI=1S/C13H16O/c1-14-13-9-5-8-12(10-13)11-6-3-2-4-7-11/h2-4,6-7,10,13H,5,8-9H2,1H3/t13-/m1/s1. The van der Waals surface area contributed by atoms with Crippen LogP contribution < -0.4 is 0 Å². The summed E-state index contributed by atoms with van der Waals surface area (Å²) >= 11 is 0. The minimum absolute atomic E-state index is 0.318. The second-order valence-electron chi connectivity index (χ2n) is 3.72. The van der Waals surface area contributed by atoms with Gasteiger partial charge in [0.2, 0.25) is 0 Å². The highest BCUT2D eigenvalue weighted by molar-refractivity contribution is 5.66. The minimum atomic E-state index is 0.318. The van der Waals surface area contributed by atoms with Gasteiger partial charge in [0.25, 0.3) is 0 Å². The van der Waals surface area contributed by atoms with Gasteiger partial charge in [0.05, 0.1) is 6.10 Å². The fraction of sp³-hybridized carbons (Fsp3) is 0.385. The van der Waals surface area contributed by atoms with Crippen LogP contribution in [0.1, 0.15) is 24.8 Å². The van der Waals surface area contributed by atoms with Gasteiger partial charge >= 0.3 is 0 Å². The first-order valence-corrected chi connectivity index (χ1v) is 5.19. The number of rotatable bonds is 2. The van der Waals surface area contributed by atoms with E-state index in [0.29, 0.717) is 6.10 Å². The highest BCUT2D eigenvalue weighted by Crippen LogP contribution is 2.27. The van der Waals surface area contributed by atoms with Crippen LogP contribution in [0, 0.1) is 0 Å². The van der Waals surface area contributed by atoms with Crippen molar-refractivity contribution in [2.45, 2.75) is 25.4 Å². The van der Waals surface area contributed by atoms with Crippen LogP contribution in [0.15, 0.2) is 36.4 Å². The van der Waals surface area contributed by atoms with E-state index in [0.717, 1.165) is 6.42 Å². The van der Waals surface area contributed by atoms with Crippen LogP contribution in [-0.2, 0) is 4.74 Å². The van der Waals surface area contributed by atoms with Gasteiger partial charge in [-0.1, -0.05) is 36.4 Å². The summed E-state index contributed by atoms with van der Waals surface area (Å²) < 4.78 is 5.37. The highest BCUT2D eigenvalue weighted by Gasteiger charge is 2.13. The van der Waals surface area contributed by atoms with Crippen molar-refractivity contribution in [1.29, 1.82) is 0 Å². The zero-order chi connectivity index (χ0) is 9.80. The zero-order valence-electron chi connectivity index (χ0n) is 8.57. The summed E-state index contributed by atoms with van der Waals surface area (Å²) in [6.07, 6.45) is 6.16. The van der Waals surface area contributed by atoms with E-state index in [1.165, 1.54) is 24.0 Å². The van der Waals surface area contributed by atoms with Crippen molar-refractivity contribution in [3.05, 3.63) is 42.0 Å². The van der Waals surface area contributed by atoms with Crippen LogP contribution in [0.5, 0.6) is 0 Å². The first-order chi connectivity index (χ1) is 6.90. The first kappa shape index (κ1) is 9.47. The Morgan fingerprint density at radius 3 is 2.71 bits per heavy atom. The Hall–Kier alpha value is -1.08. The van der Waals surface area contributed by atoms with Crippen molar-refractivity contribution in [1.82, 2.24) is 0 Å². The van der Waals surface area contributed by atoms with Gasteiger partial charge in [-0.3, -0.25) is 0 Å². The van der Waals surface area contributed by atoms with Gasteiger partial charge in [-0.05, 0) is 30.4 Å². The molecule has 1 aliphatic carbocycles. The molecule has 1 nitrogen and oxygen atoms in total. The quantitative estimate of drug-likeness (QED) is 0.692. The molecule has 0 saturated carbocycles. The van der Waals surface area contributed by atoms with Gasteiger partial charge < -0.3 is 4.74 Å². The van der Waals surface area contributed by atoms with Crippen molar-refractivity contribution in [3.8, 4) is 0 Å². The molecule has 0 radical (unpaired) electrons. The summed E-state index contributed by atoms with van der Waals surface area (Å²) in [5.74, 6) is 0. The van der Waals surface area contributed by atoms with Gasteiger partial charge in [0.1, 0.15) is 0 Å². The molecule has 0 aliphatic heterocycles. The maximum atomic E-state index is 5.37. The maximum absolute atomic E-state index is 5.37. The fourth-order valence-electron chi connectivity index (χ4n) is 1.96. The zero-order valence-corrected chi connectivity index (χ0v) is 8.57. The molecule has 2 rings (SSSR count). The van der Waals surface area contributed by atoms with Gasteiger partial charge in [-0.25, -0.2) is 0 Å². The van der Waals surface area contributed by atoms with Crippen molar-refractivity contribution < 1.29 is 4.74 Å². The molecule has 0 unspecified atom stereocenters. The van der Waals surface area contributed by atoms with Crippen molar-refractivity contribution >= 4 is 5.57 Å². The van der Waals surface area contributed by atoms with Crippen molar-refractivity contribution in [2.75, 3.05) is 7.11 Å². The summed E-state index contributed by atoms with van der Waals surface area (Å²) in [7, 11) is 1.79. The van der Waals surface area contributed by atoms with Crippen LogP contribution in [0.3, 0.4) is 0 Å². The molecule has 14 heavy (non-hydrogen) atoms. The SMILES string of the molecule is CO[C@H]1C=C(c2ccccc2)CCC1. The van der Waals surface area contributed by atoms with Crippen LogP contribution in [-0.4, -0.2) is 13.2 Å². The van der Waals surface area contributed by atoms with Gasteiger partial charge in [-0.2, -0.15) is 0 Å². The van der Waals surface area contributed by atoms with Crippen molar-refractivity contribution in [3.63, 3.8) is 0 Å². The predicted molar refractivity (Wildman–Crippen MR) is 59.1 cm³/mol. The normalized spacial score (nSPS) is 21.8. The largest absolute Gasteiger partial charge is 0.377 e. The third-order valence-electron chi connectivity index (χ3n) is 2.77. The molecular formula is C13H16O. The molecule has 74 valence electrons. The second kappa shape index (κ2) is 4.43. The molecule has 1 atom stereocenters. The number of methoxy groups -OCH3 is 1. The molecule has 0 aromatic heterocycles. The molecule has 1 heteroatoms. The van der Waals surface area contributed by atoms with E-state index < -0.39 is 0 Å². The molecule has 0 spiro atoms.